The Bertz CT molecular complexity index is 457. The number of rotatable bonds is 8. The van der Waals surface area contributed by atoms with Crippen LogP contribution in [-0.4, -0.2) is 56.5 Å². The summed E-state index contributed by atoms with van der Waals surface area (Å²) < 4.78 is 0. The number of carbonyl (C=O) groups excluding carboxylic acids is 1. The van der Waals surface area contributed by atoms with E-state index in [1.54, 1.807) is 0 Å². The zero-order chi connectivity index (χ0) is 15.8. The van der Waals surface area contributed by atoms with E-state index in [1.807, 2.05) is 45.1 Å². The predicted octanol–water partition coefficient (Wildman–Crippen LogP) is 2.84. The van der Waals surface area contributed by atoms with Crippen LogP contribution in [0.5, 0.6) is 0 Å². The van der Waals surface area contributed by atoms with Gasteiger partial charge in [0.1, 0.15) is 0 Å². The van der Waals surface area contributed by atoms with Gasteiger partial charge in [0.25, 0.3) is 5.91 Å². The zero-order valence-corrected chi connectivity index (χ0v) is 14.1. The van der Waals surface area contributed by atoms with Gasteiger partial charge in [-0.1, -0.05) is 6.92 Å². The average molecular weight is 291 g/mol. The number of amides is 1. The quantitative estimate of drug-likeness (QED) is 0.800. The van der Waals surface area contributed by atoms with Gasteiger partial charge in [-0.05, 0) is 64.2 Å². The Hall–Kier alpha value is -1.55. The Morgan fingerprint density at radius 3 is 2.48 bits per heavy atom. The van der Waals surface area contributed by atoms with Gasteiger partial charge in [-0.2, -0.15) is 0 Å². The zero-order valence-electron chi connectivity index (χ0n) is 14.1. The summed E-state index contributed by atoms with van der Waals surface area (Å²) in [7, 11) is 5.97. The molecule has 1 aromatic rings. The molecule has 4 nitrogen and oxygen atoms in total. The Balaban J connectivity index is 2.64. The molecule has 0 aliphatic heterocycles. The molecule has 0 spiro atoms. The number of aryl methyl sites for hydroxylation is 1. The SMILES string of the molecule is CCCNc1ccc(C(=O)N(C)CCCN(C)C)c(C)c1. The van der Waals surface area contributed by atoms with E-state index in [4.69, 9.17) is 0 Å². The van der Waals surface area contributed by atoms with Gasteiger partial charge in [0.15, 0.2) is 0 Å². The van der Waals surface area contributed by atoms with E-state index in [2.05, 4.69) is 23.2 Å². The fourth-order valence-corrected chi connectivity index (χ4v) is 2.21. The lowest BCUT2D eigenvalue weighted by molar-refractivity contribution is 0.0790. The minimum absolute atomic E-state index is 0.105. The van der Waals surface area contributed by atoms with E-state index in [1.165, 1.54) is 0 Å². The molecule has 0 fully saturated rings. The van der Waals surface area contributed by atoms with Crippen LogP contribution in [0.1, 0.15) is 35.7 Å². The smallest absolute Gasteiger partial charge is 0.253 e. The van der Waals surface area contributed by atoms with Crippen molar-refractivity contribution in [3.05, 3.63) is 29.3 Å². The van der Waals surface area contributed by atoms with Gasteiger partial charge in [-0.15, -0.1) is 0 Å². The van der Waals surface area contributed by atoms with Crippen molar-refractivity contribution >= 4 is 11.6 Å². The minimum atomic E-state index is 0.105. The fraction of sp³-hybridized carbons (Fsp3) is 0.588. The first-order chi connectivity index (χ1) is 9.95. The van der Waals surface area contributed by atoms with E-state index in [9.17, 15) is 4.79 Å². The van der Waals surface area contributed by atoms with Gasteiger partial charge in [0.05, 0.1) is 0 Å². The van der Waals surface area contributed by atoms with E-state index in [-0.39, 0.29) is 5.91 Å². The van der Waals surface area contributed by atoms with E-state index < -0.39 is 0 Å². The summed E-state index contributed by atoms with van der Waals surface area (Å²) in [5.41, 5.74) is 2.91. The molecule has 0 aliphatic carbocycles. The molecule has 0 saturated carbocycles. The fourth-order valence-electron chi connectivity index (χ4n) is 2.21. The van der Waals surface area contributed by atoms with Crippen molar-refractivity contribution in [2.24, 2.45) is 0 Å². The molecular formula is C17H29N3O. The number of benzene rings is 1. The van der Waals surface area contributed by atoms with Crippen LogP contribution >= 0.6 is 0 Å². The van der Waals surface area contributed by atoms with Crippen LogP contribution in [-0.2, 0) is 0 Å². The first-order valence-electron chi connectivity index (χ1n) is 7.70. The summed E-state index contributed by atoms with van der Waals surface area (Å²) in [6, 6.07) is 5.97. The van der Waals surface area contributed by atoms with Crippen molar-refractivity contribution in [2.45, 2.75) is 26.7 Å². The predicted molar refractivity (Wildman–Crippen MR) is 90.1 cm³/mol. The van der Waals surface area contributed by atoms with Crippen molar-refractivity contribution in [3.63, 3.8) is 0 Å². The lowest BCUT2D eigenvalue weighted by atomic mass is 10.1. The second-order valence-corrected chi connectivity index (χ2v) is 5.84. The summed E-state index contributed by atoms with van der Waals surface area (Å²) in [6.45, 7) is 6.87. The van der Waals surface area contributed by atoms with Gasteiger partial charge in [-0.25, -0.2) is 0 Å². The highest BCUT2D eigenvalue weighted by atomic mass is 16.2. The van der Waals surface area contributed by atoms with Crippen molar-refractivity contribution < 1.29 is 4.79 Å². The normalized spacial score (nSPS) is 10.8. The standard InChI is InChI=1S/C17H29N3O/c1-6-10-18-15-8-9-16(14(2)13-15)17(21)20(5)12-7-11-19(3)4/h8-9,13,18H,6-7,10-12H2,1-5H3. The Labute approximate surface area is 129 Å². The van der Waals surface area contributed by atoms with Crippen molar-refractivity contribution in [1.82, 2.24) is 9.80 Å². The second kappa shape index (κ2) is 8.67. The van der Waals surface area contributed by atoms with Gasteiger partial charge >= 0.3 is 0 Å². The van der Waals surface area contributed by atoms with E-state index in [0.29, 0.717) is 0 Å². The van der Waals surface area contributed by atoms with Crippen molar-refractivity contribution in [3.8, 4) is 0 Å². The number of carbonyl (C=O) groups is 1. The molecule has 0 atom stereocenters. The summed E-state index contributed by atoms with van der Waals surface area (Å²) in [4.78, 5) is 16.4. The molecular weight excluding hydrogens is 262 g/mol. The summed E-state index contributed by atoms with van der Waals surface area (Å²) in [5, 5.41) is 3.35. The van der Waals surface area contributed by atoms with Crippen LogP contribution in [0, 0.1) is 6.92 Å². The summed E-state index contributed by atoms with van der Waals surface area (Å²) in [5.74, 6) is 0.105. The molecule has 1 N–H and O–H groups in total. The van der Waals surface area contributed by atoms with Crippen LogP contribution in [0.3, 0.4) is 0 Å². The topological polar surface area (TPSA) is 35.6 Å². The Kier molecular flexibility index (Phi) is 7.23. The van der Waals surface area contributed by atoms with Gasteiger partial charge in [0, 0.05) is 31.4 Å². The molecule has 118 valence electrons. The number of anilines is 1. The molecule has 1 rings (SSSR count). The molecule has 0 bridgehead atoms. The third-order valence-electron chi connectivity index (χ3n) is 3.48. The van der Waals surface area contributed by atoms with Crippen LogP contribution < -0.4 is 5.32 Å². The third kappa shape index (κ3) is 5.76. The van der Waals surface area contributed by atoms with Crippen LogP contribution in [0.4, 0.5) is 5.69 Å². The van der Waals surface area contributed by atoms with Crippen LogP contribution in [0.2, 0.25) is 0 Å². The van der Waals surface area contributed by atoms with Gasteiger partial charge in [0.2, 0.25) is 0 Å². The molecule has 0 heterocycles. The summed E-state index contributed by atoms with van der Waals surface area (Å²) >= 11 is 0. The number of hydrogen-bond acceptors (Lipinski definition) is 3. The molecule has 1 aromatic carbocycles. The number of hydrogen-bond donors (Lipinski definition) is 1. The maximum atomic E-state index is 12.5. The Morgan fingerprint density at radius 2 is 1.90 bits per heavy atom. The third-order valence-corrected chi connectivity index (χ3v) is 3.48. The number of nitrogens with zero attached hydrogens (tertiary/aromatic N) is 2. The molecule has 0 saturated heterocycles. The van der Waals surface area contributed by atoms with Gasteiger partial charge in [-0.3, -0.25) is 4.79 Å². The highest BCUT2D eigenvalue weighted by Crippen LogP contribution is 2.17. The second-order valence-electron chi connectivity index (χ2n) is 5.84. The van der Waals surface area contributed by atoms with Crippen LogP contribution in [0.25, 0.3) is 0 Å². The lowest BCUT2D eigenvalue weighted by Crippen LogP contribution is -2.30. The summed E-state index contributed by atoms with van der Waals surface area (Å²) in [6.07, 6.45) is 2.08. The highest BCUT2D eigenvalue weighted by molar-refractivity contribution is 5.95. The maximum absolute atomic E-state index is 12.5. The molecule has 21 heavy (non-hydrogen) atoms. The first-order valence-corrected chi connectivity index (χ1v) is 7.70. The Morgan fingerprint density at radius 1 is 1.19 bits per heavy atom. The van der Waals surface area contributed by atoms with Crippen LogP contribution in [0.15, 0.2) is 18.2 Å². The first kappa shape index (κ1) is 17.5. The van der Waals surface area contributed by atoms with Crippen molar-refractivity contribution in [2.75, 3.05) is 46.1 Å². The molecule has 0 unspecified atom stereocenters. The minimum Gasteiger partial charge on any atom is -0.385 e. The average Bonchev–Trinajstić information content (AvgIpc) is 2.44. The van der Waals surface area contributed by atoms with Crippen molar-refractivity contribution in [1.29, 1.82) is 0 Å². The van der Waals surface area contributed by atoms with Gasteiger partial charge < -0.3 is 15.1 Å². The maximum Gasteiger partial charge on any atom is 0.253 e. The number of nitrogens with one attached hydrogen (secondary N) is 1. The molecule has 1 amide bonds. The van der Waals surface area contributed by atoms with E-state index in [0.717, 1.165) is 49.3 Å². The molecule has 0 aromatic heterocycles. The largest absolute Gasteiger partial charge is 0.385 e. The highest BCUT2D eigenvalue weighted by Gasteiger charge is 2.14. The molecule has 0 radical (unpaired) electrons. The van der Waals surface area contributed by atoms with E-state index >= 15 is 0 Å². The lowest BCUT2D eigenvalue weighted by Gasteiger charge is -2.20. The molecule has 4 heteroatoms. The monoisotopic (exact) mass is 291 g/mol. The molecule has 0 aliphatic rings.